The summed E-state index contributed by atoms with van der Waals surface area (Å²) in [6, 6.07) is 5.42. The molecule has 0 saturated heterocycles. The summed E-state index contributed by atoms with van der Waals surface area (Å²) in [6.07, 6.45) is 2.12. The Morgan fingerprint density at radius 3 is 2.84 bits per heavy atom. The van der Waals surface area contributed by atoms with E-state index in [0.29, 0.717) is 23.3 Å². The number of hydrogen-bond acceptors (Lipinski definition) is 3. The first kappa shape index (κ1) is 12.9. The van der Waals surface area contributed by atoms with E-state index in [9.17, 15) is 8.42 Å². The molecular weight excluding hydrogens is 260 g/mol. The number of rotatable bonds is 4. The Hall–Kier alpha value is -1.07. The molecule has 1 aromatic rings. The molecule has 1 heterocycles. The van der Waals surface area contributed by atoms with Crippen molar-refractivity contribution in [3.05, 3.63) is 23.8 Å². The molecule has 2 unspecified atom stereocenters. The average molecular weight is 280 g/mol. The van der Waals surface area contributed by atoms with Crippen LogP contribution in [-0.2, 0) is 16.4 Å². The third-order valence-electron chi connectivity index (χ3n) is 4.27. The molecule has 1 saturated carbocycles. The van der Waals surface area contributed by atoms with Crippen LogP contribution < -0.4 is 5.32 Å². The van der Waals surface area contributed by atoms with Crippen LogP contribution in [0.25, 0.3) is 0 Å². The van der Waals surface area contributed by atoms with Crippen molar-refractivity contribution in [1.82, 2.24) is 4.31 Å². The lowest BCUT2D eigenvalue weighted by molar-refractivity contribution is 0.445. The molecule has 3 rings (SSSR count). The molecule has 0 spiro atoms. The fourth-order valence-corrected chi connectivity index (χ4v) is 3.95. The van der Waals surface area contributed by atoms with Gasteiger partial charge in [-0.1, -0.05) is 13.0 Å². The van der Waals surface area contributed by atoms with E-state index in [1.54, 1.807) is 19.2 Å². The molecule has 0 bridgehead atoms. The van der Waals surface area contributed by atoms with Crippen LogP contribution in [0, 0.1) is 11.8 Å². The van der Waals surface area contributed by atoms with Gasteiger partial charge < -0.3 is 5.32 Å². The van der Waals surface area contributed by atoms with Gasteiger partial charge in [-0.3, -0.25) is 0 Å². The lowest BCUT2D eigenvalue weighted by Crippen LogP contribution is -2.29. The summed E-state index contributed by atoms with van der Waals surface area (Å²) in [5.74, 6) is 1.20. The Balaban J connectivity index is 1.83. The SMILES string of the molecule is CC1CC1CN(C)S(=O)(=O)c1ccc2c(c1)NCC2. The van der Waals surface area contributed by atoms with Crippen molar-refractivity contribution in [2.45, 2.75) is 24.7 Å². The molecule has 1 aliphatic carbocycles. The van der Waals surface area contributed by atoms with Crippen LogP contribution in [0.1, 0.15) is 18.9 Å². The minimum absolute atomic E-state index is 0.399. The van der Waals surface area contributed by atoms with E-state index < -0.39 is 10.0 Å². The van der Waals surface area contributed by atoms with Crippen LogP contribution in [-0.4, -0.2) is 32.9 Å². The summed E-state index contributed by atoms with van der Waals surface area (Å²) in [5.41, 5.74) is 2.17. The Bertz CT molecular complexity index is 597. The summed E-state index contributed by atoms with van der Waals surface area (Å²) >= 11 is 0. The standard InChI is InChI=1S/C14H20N2O2S/c1-10-7-12(10)9-16(2)19(17,18)13-4-3-11-5-6-15-14(11)8-13/h3-4,8,10,12,15H,5-7,9H2,1-2H3. The normalized spacial score (nSPS) is 25.2. The number of fused-ring (bicyclic) bond motifs is 1. The van der Waals surface area contributed by atoms with Gasteiger partial charge in [0.25, 0.3) is 0 Å². The molecule has 19 heavy (non-hydrogen) atoms. The van der Waals surface area contributed by atoms with Crippen molar-refractivity contribution in [1.29, 1.82) is 0 Å². The van der Waals surface area contributed by atoms with Crippen molar-refractivity contribution in [3.63, 3.8) is 0 Å². The van der Waals surface area contributed by atoms with Crippen molar-refractivity contribution < 1.29 is 8.42 Å². The molecule has 2 aliphatic rings. The van der Waals surface area contributed by atoms with Crippen LogP contribution in [0.5, 0.6) is 0 Å². The minimum Gasteiger partial charge on any atom is -0.384 e. The molecule has 4 nitrogen and oxygen atoms in total. The van der Waals surface area contributed by atoms with Crippen LogP contribution in [0.2, 0.25) is 0 Å². The Kier molecular flexibility index (Phi) is 3.06. The van der Waals surface area contributed by atoms with E-state index in [4.69, 9.17) is 0 Å². The van der Waals surface area contributed by atoms with E-state index in [1.807, 2.05) is 6.07 Å². The van der Waals surface area contributed by atoms with Crippen LogP contribution in [0.3, 0.4) is 0 Å². The van der Waals surface area contributed by atoms with Gasteiger partial charge in [0.2, 0.25) is 10.0 Å². The van der Waals surface area contributed by atoms with Crippen molar-refractivity contribution in [3.8, 4) is 0 Å². The van der Waals surface area contributed by atoms with E-state index in [0.717, 1.165) is 25.1 Å². The van der Waals surface area contributed by atoms with Crippen molar-refractivity contribution in [2.24, 2.45) is 11.8 Å². The van der Waals surface area contributed by atoms with Gasteiger partial charge in [-0.15, -0.1) is 0 Å². The zero-order valence-corrected chi connectivity index (χ0v) is 12.2. The zero-order chi connectivity index (χ0) is 13.6. The molecule has 104 valence electrons. The van der Waals surface area contributed by atoms with E-state index in [-0.39, 0.29) is 0 Å². The second-order valence-corrected chi connectivity index (χ2v) is 7.80. The van der Waals surface area contributed by atoms with E-state index >= 15 is 0 Å². The number of nitrogens with one attached hydrogen (secondary N) is 1. The van der Waals surface area contributed by atoms with Crippen LogP contribution in [0.15, 0.2) is 23.1 Å². The first-order chi connectivity index (χ1) is 8.98. The van der Waals surface area contributed by atoms with Gasteiger partial charge in [0.05, 0.1) is 4.90 Å². The summed E-state index contributed by atoms with van der Waals surface area (Å²) < 4.78 is 26.5. The second-order valence-electron chi connectivity index (χ2n) is 5.75. The van der Waals surface area contributed by atoms with Crippen LogP contribution in [0.4, 0.5) is 5.69 Å². The molecule has 1 aliphatic heterocycles. The first-order valence-electron chi connectivity index (χ1n) is 6.81. The Morgan fingerprint density at radius 1 is 1.42 bits per heavy atom. The monoisotopic (exact) mass is 280 g/mol. The number of hydrogen-bond donors (Lipinski definition) is 1. The molecule has 1 aromatic carbocycles. The lowest BCUT2D eigenvalue weighted by Gasteiger charge is -2.17. The number of benzene rings is 1. The fourth-order valence-electron chi connectivity index (χ4n) is 2.69. The Morgan fingerprint density at radius 2 is 2.16 bits per heavy atom. The van der Waals surface area contributed by atoms with E-state index in [1.165, 1.54) is 9.87 Å². The highest BCUT2D eigenvalue weighted by molar-refractivity contribution is 7.89. The highest BCUT2D eigenvalue weighted by atomic mass is 32.2. The number of nitrogens with zero attached hydrogens (tertiary/aromatic N) is 1. The maximum absolute atomic E-state index is 12.5. The highest BCUT2D eigenvalue weighted by Crippen LogP contribution is 2.39. The summed E-state index contributed by atoms with van der Waals surface area (Å²) in [5, 5.41) is 3.23. The van der Waals surface area contributed by atoms with Gasteiger partial charge in [-0.05, 0) is 42.4 Å². The fraction of sp³-hybridized carbons (Fsp3) is 0.571. The summed E-state index contributed by atoms with van der Waals surface area (Å²) in [7, 11) is -1.66. The maximum Gasteiger partial charge on any atom is 0.242 e. The first-order valence-corrected chi connectivity index (χ1v) is 8.25. The molecule has 1 fully saturated rings. The lowest BCUT2D eigenvalue weighted by atomic mass is 10.2. The van der Waals surface area contributed by atoms with Crippen LogP contribution >= 0.6 is 0 Å². The van der Waals surface area contributed by atoms with Gasteiger partial charge in [-0.2, -0.15) is 0 Å². The molecule has 5 heteroatoms. The minimum atomic E-state index is -3.35. The largest absolute Gasteiger partial charge is 0.384 e. The van der Waals surface area contributed by atoms with Gasteiger partial charge in [0.15, 0.2) is 0 Å². The maximum atomic E-state index is 12.5. The third kappa shape index (κ3) is 2.37. The molecule has 1 N–H and O–H groups in total. The molecule has 0 aromatic heterocycles. The smallest absolute Gasteiger partial charge is 0.242 e. The number of anilines is 1. The second kappa shape index (κ2) is 4.49. The topological polar surface area (TPSA) is 49.4 Å². The zero-order valence-electron chi connectivity index (χ0n) is 11.4. The molecule has 0 radical (unpaired) electrons. The predicted octanol–water partition coefficient (Wildman–Crippen LogP) is 1.93. The highest BCUT2D eigenvalue weighted by Gasteiger charge is 2.36. The van der Waals surface area contributed by atoms with Gasteiger partial charge >= 0.3 is 0 Å². The molecule has 0 amide bonds. The molecular formula is C14H20N2O2S. The third-order valence-corrected chi connectivity index (χ3v) is 6.09. The van der Waals surface area contributed by atoms with Gasteiger partial charge in [0, 0.05) is 25.8 Å². The number of sulfonamides is 1. The summed E-state index contributed by atoms with van der Waals surface area (Å²) in [4.78, 5) is 0.399. The quantitative estimate of drug-likeness (QED) is 0.917. The van der Waals surface area contributed by atoms with Crippen molar-refractivity contribution in [2.75, 3.05) is 25.5 Å². The van der Waals surface area contributed by atoms with Gasteiger partial charge in [0.1, 0.15) is 0 Å². The van der Waals surface area contributed by atoms with E-state index in [2.05, 4.69) is 12.2 Å². The van der Waals surface area contributed by atoms with Gasteiger partial charge in [-0.25, -0.2) is 12.7 Å². The average Bonchev–Trinajstić information content (AvgIpc) is 2.90. The van der Waals surface area contributed by atoms with Crippen molar-refractivity contribution >= 4 is 15.7 Å². The Labute approximate surface area is 114 Å². The summed E-state index contributed by atoms with van der Waals surface area (Å²) in [6.45, 7) is 3.70. The molecule has 2 atom stereocenters. The predicted molar refractivity (Wildman–Crippen MR) is 75.7 cm³/mol.